The van der Waals surface area contributed by atoms with Crippen LogP contribution in [0.15, 0.2) is 5.38 Å². The van der Waals surface area contributed by atoms with Gasteiger partial charge in [-0.15, -0.1) is 23.7 Å². The molecule has 0 saturated carbocycles. The molecule has 0 spiro atoms. The predicted octanol–water partition coefficient (Wildman–Crippen LogP) is 3.11. The Morgan fingerprint density at radius 1 is 1.30 bits per heavy atom. The minimum absolute atomic E-state index is 0. The Balaban J connectivity index is 0.00000361. The molecule has 20 heavy (non-hydrogen) atoms. The molecular weight excluding hydrogens is 294 g/mol. The van der Waals surface area contributed by atoms with Gasteiger partial charge in [-0.2, -0.15) is 0 Å². The minimum Gasteiger partial charge on any atom is -0.337 e. The van der Waals surface area contributed by atoms with E-state index in [0.717, 1.165) is 50.2 Å². The third kappa shape index (κ3) is 6.20. The van der Waals surface area contributed by atoms with Gasteiger partial charge in [0.2, 0.25) is 0 Å². The van der Waals surface area contributed by atoms with E-state index in [1.807, 2.05) is 10.3 Å². The van der Waals surface area contributed by atoms with Gasteiger partial charge >= 0.3 is 0 Å². The number of nitrogens with two attached hydrogens (primary N) is 1. The summed E-state index contributed by atoms with van der Waals surface area (Å²) in [6, 6.07) is 0. The second-order valence-electron chi connectivity index (χ2n) is 4.66. The summed E-state index contributed by atoms with van der Waals surface area (Å²) in [4.78, 5) is 18.7. The SMILES string of the molecule is CCCCN(CCCC)C(=O)c1csc(CCN)n1.Cl. The number of rotatable bonds is 9. The lowest BCUT2D eigenvalue weighted by Gasteiger charge is -2.21. The lowest BCUT2D eigenvalue weighted by Crippen LogP contribution is -2.33. The van der Waals surface area contributed by atoms with Crippen LogP contribution in [0.25, 0.3) is 0 Å². The predicted molar refractivity (Wildman–Crippen MR) is 87.8 cm³/mol. The zero-order valence-electron chi connectivity index (χ0n) is 12.4. The first-order valence-electron chi connectivity index (χ1n) is 7.16. The number of carbonyl (C=O) groups excluding carboxylic acids is 1. The number of halogens is 1. The first-order chi connectivity index (χ1) is 9.22. The molecule has 1 amide bonds. The maximum Gasteiger partial charge on any atom is 0.273 e. The summed E-state index contributed by atoms with van der Waals surface area (Å²) in [5.41, 5.74) is 6.09. The highest BCUT2D eigenvalue weighted by Crippen LogP contribution is 2.13. The van der Waals surface area contributed by atoms with E-state index in [9.17, 15) is 4.79 Å². The summed E-state index contributed by atoms with van der Waals surface area (Å²) in [6.07, 6.45) is 5.06. The van der Waals surface area contributed by atoms with Gasteiger partial charge in [-0.05, 0) is 19.4 Å². The topological polar surface area (TPSA) is 59.2 Å². The maximum absolute atomic E-state index is 12.4. The second-order valence-corrected chi connectivity index (χ2v) is 5.61. The van der Waals surface area contributed by atoms with Crippen LogP contribution in [0.3, 0.4) is 0 Å². The molecule has 0 unspecified atom stereocenters. The number of amides is 1. The molecule has 0 bridgehead atoms. The van der Waals surface area contributed by atoms with Crippen molar-refractivity contribution in [2.75, 3.05) is 19.6 Å². The summed E-state index contributed by atoms with van der Waals surface area (Å²) in [6.45, 7) is 6.53. The third-order valence-corrected chi connectivity index (χ3v) is 3.89. The number of hydrogen-bond donors (Lipinski definition) is 1. The van der Waals surface area contributed by atoms with Crippen LogP contribution in [0.1, 0.15) is 55.0 Å². The summed E-state index contributed by atoms with van der Waals surface area (Å²) >= 11 is 1.53. The van der Waals surface area contributed by atoms with E-state index in [-0.39, 0.29) is 18.3 Å². The molecule has 1 rings (SSSR count). The fourth-order valence-corrected chi connectivity index (χ4v) is 2.61. The van der Waals surface area contributed by atoms with Gasteiger partial charge in [0.1, 0.15) is 5.69 Å². The van der Waals surface area contributed by atoms with Gasteiger partial charge < -0.3 is 10.6 Å². The lowest BCUT2D eigenvalue weighted by atomic mass is 10.2. The van der Waals surface area contributed by atoms with Crippen molar-refractivity contribution in [2.45, 2.75) is 46.0 Å². The molecule has 1 aromatic rings. The van der Waals surface area contributed by atoms with Crippen LogP contribution in [0.2, 0.25) is 0 Å². The molecule has 6 heteroatoms. The van der Waals surface area contributed by atoms with Gasteiger partial charge in [0.15, 0.2) is 0 Å². The molecule has 0 radical (unpaired) electrons. The molecule has 1 heterocycles. The minimum atomic E-state index is 0. The van der Waals surface area contributed by atoms with E-state index in [1.54, 1.807) is 0 Å². The second kappa shape index (κ2) is 11.1. The fourth-order valence-electron chi connectivity index (χ4n) is 1.82. The quantitative estimate of drug-likeness (QED) is 0.760. The Hall–Kier alpha value is -0.650. The van der Waals surface area contributed by atoms with Crippen molar-refractivity contribution in [3.63, 3.8) is 0 Å². The summed E-state index contributed by atoms with van der Waals surface area (Å²) < 4.78 is 0. The van der Waals surface area contributed by atoms with Gasteiger partial charge in [0.25, 0.3) is 5.91 Å². The van der Waals surface area contributed by atoms with Crippen molar-refractivity contribution < 1.29 is 4.79 Å². The Kier molecular flexibility index (Phi) is 10.7. The largest absolute Gasteiger partial charge is 0.337 e. The molecule has 0 aromatic carbocycles. The zero-order chi connectivity index (χ0) is 14.1. The van der Waals surface area contributed by atoms with Crippen molar-refractivity contribution in [3.05, 3.63) is 16.1 Å². The molecule has 0 atom stereocenters. The molecule has 0 saturated heterocycles. The van der Waals surface area contributed by atoms with E-state index >= 15 is 0 Å². The molecule has 116 valence electrons. The molecular formula is C14H26ClN3OS. The summed E-state index contributed by atoms with van der Waals surface area (Å²) in [7, 11) is 0. The van der Waals surface area contributed by atoms with E-state index in [0.29, 0.717) is 12.2 Å². The maximum atomic E-state index is 12.4. The Morgan fingerprint density at radius 2 is 1.90 bits per heavy atom. The number of carbonyl (C=O) groups is 1. The van der Waals surface area contributed by atoms with Crippen molar-refractivity contribution >= 4 is 29.7 Å². The zero-order valence-corrected chi connectivity index (χ0v) is 14.1. The van der Waals surface area contributed by atoms with Crippen LogP contribution in [0, 0.1) is 0 Å². The number of hydrogen-bond acceptors (Lipinski definition) is 4. The molecule has 0 aliphatic heterocycles. The van der Waals surface area contributed by atoms with Crippen LogP contribution in [-0.2, 0) is 6.42 Å². The van der Waals surface area contributed by atoms with E-state index in [2.05, 4.69) is 18.8 Å². The highest BCUT2D eigenvalue weighted by Gasteiger charge is 2.17. The molecule has 1 aromatic heterocycles. The Labute approximate surface area is 132 Å². The van der Waals surface area contributed by atoms with Crippen molar-refractivity contribution in [3.8, 4) is 0 Å². The first kappa shape index (κ1) is 19.4. The molecule has 0 aliphatic carbocycles. The number of nitrogens with zero attached hydrogens (tertiary/aromatic N) is 2. The monoisotopic (exact) mass is 319 g/mol. The van der Waals surface area contributed by atoms with Crippen LogP contribution >= 0.6 is 23.7 Å². The van der Waals surface area contributed by atoms with Gasteiger partial charge in [-0.3, -0.25) is 4.79 Å². The standard InChI is InChI=1S/C14H25N3OS.ClH/c1-3-5-9-17(10-6-4-2)14(18)12-11-19-13(16-12)7-8-15;/h11H,3-10,15H2,1-2H3;1H. The average molecular weight is 320 g/mol. The van der Waals surface area contributed by atoms with Crippen LogP contribution in [-0.4, -0.2) is 35.4 Å². The van der Waals surface area contributed by atoms with E-state index in [1.165, 1.54) is 11.3 Å². The molecule has 0 aliphatic rings. The number of aromatic nitrogens is 1. The van der Waals surface area contributed by atoms with Crippen molar-refractivity contribution in [1.29, 1.82) is 0 Å². The Bertz CT molecular complexity index is 376. The molecule has 4 nitrogen and oxygen atoms in total. The highest BCUT2D eigenvalue weighted by atomic mass is 35.5. The van der Waals surface area contributed by atoms with Crippen LogP contribution < -0.4 is 5.73 Å². The third-order valence-electron chi connectivity index (χ3n) is 2.98. The number of thiazole rings is 1. The molecule has 0 fully saturated rings. The lowest BCUT2D eigenvalue weighted by molar-refractivity contribution is 0.0745. The van der Waals surface area contributed by atoms with Gasteiger partial charge in [-0.1, -0.05) is 26.7 Å². The average Bonchev–Trinajstić information content (AvgIpc) is 2.87. The summed E-state index contributed by atoms with van der Waals surface area (Å²) in [5.74, 6) is 0.0708. The van der Waals surface area contributed by atoms with Crippen LogP contribution in [0.4, 0.5) is 0 Å². The van der Waals surface area contributed by atoms with Gasteiger partial charge in [0, 0.05) is 24.9 Å². The first-order valence-corrected chi connectivity index (χ1v) is 8.04. The smallest absolute Gasteiger partial charge is 0.273 e. The number of unbranched alkanes of at least 4 members (excludes halogenated alkanes) is 2. The normalized spacial score (nSPS) is 10.2. The van der Waals surface area contributed by atoms with E-state index in [4.69, 9.17) is 5.73 Å². The Morgan fingerprint density at radius 3 is 2.40 bits per heavy atom. The van der Waals surface area contributed by atoms with Gasteiger partial charge in [-0.25, -0.2) is 4.98 Å². The fraction of sp³-hybridized carbons (Fsp3) is 0.714. The van der Waals surface area contributed by atoms with Gasteiger partial charge in [0.05, 0.1) is 5.01 Å². The van der Waals surface area contributed by atoms with Crippen LogP contribution in [0.5, 0.6) is 0 Å². The van der Waals surface area contributed by atoms with E-state index < -0.39 is 0 Å². The molecule has 2 N–H and O–H groups in total. The van der Waals surface area contributed by atoms with Crippen molar-refractivity contribution in [2.24, 2.45) is 5.73 Å². The van der Waals surface area contributed by atoms with Crippen molar-refractivity contribution in [1.82, 2.24) is 9.88 Å². The highest BCUT2D eigenvalue weighted by molar-refractivity contribution is 7.09. The summed E-state index contributed by atoms with van der Waals surface area (Å²) in [5, 5.41) is 2.81.